The maximum Gasteiger partial charge on any atom is 0.0768 e. The first-order valence-electron chi connectivity index (χ1n) is 6.58. The molecule has 1 fully saturated rings. The Bertz CT molecular complexity index is 204. The maximum atomic E-state index is 10.3. The Balaban J connectivity index is 2.32. The van der Waals surface area contributed by atoms with Gasteiger partial charge < -0.3 is 14.9 Å². The van der Waals surface area contributed by atoms with Crippen molar-refractivity contribution in [1.29, 1.82) is 0 Å². The molecule has 0 aromatic carbocycles. The highest BCUT2D eigenvalue weighted by Gasteiger charge is 2.26. The highest BCUT2D eigenvalue weighted by Crippen LogP contribution is 2.19. The Kier molecular flexibility index (Phi) is 5.22. The summed E-state index contributed by atoms with van der Waals surface area (Å²) in [6.07, 6.45) is 2.99. The van der Waals surface area contributed by atoms with Gasteiger partial charge in [-0.25, -0.2) is 0 Å². The summed E-state index contributed by atoms with van der Waals surface area (Å²) in [5, 5.41) is 10.3. The molecule has 3 nitrogen and oxygen atoms in total. The third-order valence-corrected chi connectivity index (χ3v) is 3.94. The Morgan fingerprint density at radius 2 is 2.00 bits per heavy atom. The van der Waals surface area contributed by atoms with Crippen LogP contribution in [0.2, 0.25) is 0 Å². The van der Waals surface area contributed by atoms with Gasteiger partial charge in [0, 0.05) is 19.6 Å². The Morgan fingerprint density at radius 1 is 1.38 bits per heavy atom. The number of likely N-dealkylation sites (N-methyl/N-ethyl adjacent to an activating group) is 1. The van der Waals surface area contributed by atoms with Crippen LogP contribution in [0.25, 0.3) is 0 Å². The average molecular weight is 228 g/mol. The molecule has 0 aromatic heterocycles. The van der Waals surface area contributed by atoms with Gasteiger partial charge in [0.05, 0.1) is 5.60 Å². The molecular formula is C13H28N2O. The van der Waals surface area contributed by atoms with Crippen molar-refractivity contribution in [2.45, 2.75) is 38.7 Å². The van der Waals surface area contributed by atoms with Crippen LogP contribution in [0.15, 0.2) is 0 Å². The molecule has 1 heterocycles. The third kappa shape index (κ3) is 4.04. The fourth-order valence-electron chi connectivity index (χ4n) is 2.66. The summed E-state index contributed by atoms with van der Waals surface area (Å²) in [5.41, 5.74) is -0.487. The smallest absolute Gasteiger partial charge is 0.0768 e. The van der Waals surface area contributed by atoms with Crippen LogP contribution < -0.4 is 0 Å². The molecule has 0 aromatic rings. The lowest BCUT2D eigenvalue weighted by atomic mass is 9.96. The zero-order valence-electron chi connectivity index (χ0n) is 11.4. The number of aliphatic hydroxyl groups is 1. The molecule has 16 heavy (non-hydrogen) atoms. The fraction of sp³-hybridized carbons (Fsp3) is 1.00. The summed E-state index contributed by atoms with van der Waals surface area (Å²) in [7, 11) is 4.32. The Morgan fingerprint density at radius 3 is 2.44 bits per heavy atom. The SMILES string of the molecule is CCC(O)(CC)CN(C)CC1CCN(C)C1. The normalized spacial score (nSPS) is 23.2. The van der Waals surface area contributed by atoms with E-state index in [0.29, 0.717) is 0 Å². The molecule has 0 spiro atoms. The van der Waals surface area contributed by atoms with Gasteiger partial charge in [0.1, 0.15) is 0 Å². The number of nitrogens with zero attached hydrogens (tertiary/aromatic N) is 2. The second-order valence-corrected chi connectivity index (χ2v) is 5.55. The largest absolute Gasteiger partial charge is 0.389 e. The zero-order chi connectivity index (χ0) is 12.2. The Hall–Kier alpha value is -0.120. The second kappa shape index (κ2) is 5.99. The van der Waals surface area contributed by atoms with Crippen LogP contribution >= 0.6 is 0 Å². The molecule has 1 N–H and O–H groups in total. The van der Waals surface area contributed by atoms with Crippen molar-refractivity contribution in [3.05, 3.63) is 0 Å². The summed E-state index contributed by atoms with van der Waals surface area (Å²) in [6.45, 7) is 8.50. The first-order valence-corrected chi connectivity index (χ1v) is 6.58. The van der Waals surface area contributed by atoms with Crippen molar-refractivity contribution in [3.63, 3.8) is 0 Å². The second-order valence-electron chi connectivity index (χ2n) is 5.55. The van der Waals surface area contributed by atoms with E-state index in [4.69, 9.17) is 0 Å². The van der Waals surface area contributed by atoms with Gasteiger partial charge in [-0.3, -0.25) is 0 Å². The first kappa shape index (κ1) is 13.9. The average Bonchev–Trinajstić information content (AvgIpc) is 2.63. The van der Waals surface area contributed by atoms with E-state index in [0.717, 1.165) is 31.8 Å². The highest BCUT2D eigenvalue weighted by atomic mass is 16.3. The van der Waals surface area contributed by atoms with Gasteiger partial charge in [0.25, 0.3) is 0 Å². The summed E-state index contributed by atoms with van der Waals surface area (Å²) in [4.78, 5) is 4.70. The highest BCUT2D eigenvalue weighted by molar-refractivity contribution is 4.81. The van der Waals surface area contributed by atoms with E-state index >= 15 is 0 Å². The summed E-state index contributed by atoms with van der Waals surface area (Å²) >= 11 is 0. The van der Waals surface area contributed by atoms with E-state index in [1.165, 1.54) is 19.5 Å². The fourth-order valence-corrected chi connectivity index (χ4v) is 2.66. The molecule has 1 aliphatic heterocycles. The van der Waals surface area contributed by atoms with E-state index < -0.39 is 5.60 Å². The molecule has 96 valence electrons. The van der Waals surface area contributed by atoms with Crippen LogP contribution in [0.5, 0.6) is 0 Å². The molecule has 1 atom stereocenters. The standard InChI is InChI=1S/C13H28N2O/c1-5-13(16,6-2)11-15(4)10-12-7-8-14(3)9-12/h12,16H,5-11H2,1-4H3. The number of hydrogen-bond donors (Lipinski definition) is 1. The van der Waals surface area contributed by atoms with Crippen LogP contribution in [-0.4, -0.2) is 60.8 Å². The van der Waals surface area contributed by atoms with Crippen molar-refractivity contribution in [2.75, 3.05) is 40.3 Å². The van der Waals surface area contributed by atoms with Gasteiger partial charge in [0.2, 0.25) is 0 Å². The topological polar surface area (TPSA) is 26.7 Å². The predicted molar refractivity (Wildman–Crippen MR) is 68.6 cm³/mol. The molecular weight excluding hydrogens is 200 g/mol. The van der Waals surface area contributed by atoms with Crippen molar-refractivity contribution >= 4 is 0 Å². The van der Waals surface area contributed by atoms with Crippen molar-refractivity contribution in [1.82, 2.24) is 9.80 Å². The molecule has 1 saturated heterocycles. The van der Waals surface area contributed by atoms with E-state index in [-0.39, 0.29) is 0 Å². The minimum atomic E-state index is -0.487. The molecule has 1 unspecified atom stereocenters. The van der Waals surface area contributed by atoms with E-state index in [1.807, 2.05) is 0 Å². The summed E-state index contributed by atoms with van der Waals surface area (Å²) < 4.78 is 0. The van der Waals surface area contributed by atoms with E-state index in [9.17, 15) is 5.11 Å². The zero-order valence-corrected chi connectivity index (χ0v) is 11.4. The van der Waals surface area contributed by atoms with Crippen molar-refractivity contribution < 1.29 is 5.11 Å². The lowest BCUT2D eigenvalue weighted by molar-refractivity contribution is 0.000273. The van der Waals surface area contributed by atoms with E-state index in [1.54, 1.807) is 0 Å². The van der Waals surface area contributed by atoms with Gasteiger partial charge in [-0.1, -0.05) is 13.8 Å². The first-order chi connectivity index (χ1) is 7.49. The lowest BCUT2D eigenvalue weighted by Crippen LogP contribution is -2.42. The molecule has 0 bridgehead atoms. The minimum absolute atomic E-state index is 0.487. The predicted octanol–water partition coefficient (Wildman–Crippen LogP) is 1.42. The number of rotatable bonds is 6. The lowest BCUT2D eigenvalue weighted by Gasteiger charge is -2.32. The number of hydrogen-bond acceptors (Lipinski definition) is 3. The van der Waals surface area contributed by atoms with Gasteiger partial charge in [0.15, 0.2) is 0 Å². The Labute approximate surface area is 100 Å². The van der Waals surface area contributed by atoms with Crippen LogP contribution in [0, 0.1) is 5.92 Å². The molecule has 3 heteroatoms. The van der Waals surface area contributed by atoms with Crippen LogP contribution in [-0.2, 0) is 0 Å². The molecule has 1 aliphatic rings. The van der Waals surface area contributed by atoms with Crippen LogP contribution in [0.4, 0.5) is 0 Å². The van der Waals surface area contributed by atoms with Crippen molar-refractivity contribution in [3.8, 4) is 0 Å². The van der Waals surface area contributed by atoms with E-state index in [2.05, 4.69) is 37.7 Å². The van der Waals surface area contributed by atoms with Crippen molar-refractivity contribution in [2.24, 2.45) is 5.92 Å². The van der Waals surface area contributed by atoms with Crippen LogP contribution in [0.1, 0.15) is 33.1 Å². The molecule has 0 amide bonds. The monoisotopic (exact) mass is 228 g/mol. The molecule has 1 rings (SSSR count). The van der Waals surface area contributed by atoms with Gasteiger partial charge in [-0.05, 0) is 45.8 Å². The van der Waals surface area contributed by atoms with Gasteiger partial charge >= 0.3 is 0 Å². The minimum Gasteiger partial charge on any atom is -0.389 e. The molecule has 0 saturated carbocycles. The maximum absolute atomic E-state index is 10.3. The van der Waals surface area contributed by atoms with Gasteiger partial charge in [-0.2, -0.15) is 0 Å². The van der Waals surface area contributed by atoms with Crippen LogP contribution in [0.3, 0.4) is 0 Å². The number of likely N-dealkylation sites (tertiary alicyclic amines) is 1. The third-order valence-electron chi connectivity index (χ3n) is 3.94. The summed E-state index contributed by atoms with van der Waals surface area (Å²) in [5.74, 6) is 0.785. The molecule has 0 radical (unpaired) electrons. The summed E-state index contributed by atoms with van der Waals surface area (Å²) in [6, 6.07) is 0. The quantitative estimate of drug-likeness (QED) is 0.745. The van der Waals surface area contributed by atoms with Gasteiger partial charge in [-0.15, -0.1) is 0 Å². The molecule has 0 aliphatic carbocycles.